The highest BCUT2D eigenvalue weighted by atomic mass is 32.2. The molecule has 2 heterocycles. The van der Waals surface area contributed by atoms with Gasteiger partial charge < -0.3 is 9.05 Å². The molecule has 0 fully saturated rings. The van der Waals surface area contributed by atoms with E-state index in [1.165, 1.54) is 26.0 Å². The van der Waals surface area contributed by atoms with Crippen LogP contribution in [0.15, 0.2) is 104 Å². The molecule has 264 valence electrons. The van der Waals surface area contributed by atoms with Crippen LogP contribution in [0.1, 0.15) is 36.4 Å². The molecule has 10 nitrogen and oxygen atoms in total. The number of sulfonamides is 2. The molecular formula is C32H26F6N4O6S2. The Bertz CT molecular complexity index is 2210. The number of nitrogens with zero attached hydrogens (tertiary/aromatic N) is 2. The SMILES string of the molecule is CCc1c(C(F)(F)F)noc1NS(=O)(=O)c1cccc2ccccc12.CCc1c(C(F)(F)F)noc1NS(=O)(=O)c1cccc2ccccc12. The minimum Gasteiger partial charge on any atom is -0.337 e. The fourth-order valence-corrected chi connectivity index (χ4v) is 7.59. The molecule has 4 aromatic carbocycles. The molecule has 2 N–H and O–H groups in total. The molecule has 0 saturated carbocycles. The van der Waals surface area contributed by atoms with Gasteiger partial charge >= 0.3 is 12.4 Å². The number of hydrogen-bond acceptors (Lipinski definition) is 8. The molecule has 0 atom stereocenters. The lowest BCUT2D eigenvalue weighted by molar-refractivity contribution is -0.144. The van der Waals surface area contributed by atoms with Crippen LogP contribution in [-0.4, -0.2) is 27.1 Å². The third-order valence-corrected chi connectivity index (χ3v) is 10.1. The van der Waals surface area contributed by atoms with Crippen molar-refractivity contribution in [2.75, 3.05) is 9.44 Å². The molecule has 0 amide bonds. The lowest BCUT2D eigenvalue weighted by Crippen LogP contribution is -2.15. The van der Waals surface area contributed by atoms with Gasteiger partial charge in [-0.15, -0.1) is 0 Å². The van der Waals surface area contributed by atoms with Gasteiger partial charge in [0.15, 0.2) is 11.4 Å². The van der Waals surface area contributed by atoms with Crippen molar-refractivity contribution in [2.24, 2.45) is 0 Å². The summed E-state index contributed by atoms with van der Waals surface area (Å²) < 4.78 is 142. The highest BCUT2D eigenvalue weighted by Crippen LogP contribution is 2.37. The third-order valence-electron chi connectivity index (χ3n) is 7.35. The summed E-state index contributed by atoms with van der Waals surface area (Å²) in [6.45, 7) is 2.91. The van der Waals surface area contributed by atoms with Crippen molar-refractivity contribution in [3.63, 3.8) is 0 Å². The highest BCUT2D eigenvalue weighted by molar-refractivity contribution is 7.93. The molecule has 0 unspecified atom stereocenters. The highest BCUT2D eigenvalue weighted by Gasteiger charge is 2.40. The van der Waals surface area contributed by atoms with Crippen LogP contribution in [0, 0.1) is 0 Å². The molecule has 0 aliphatic rings. The van der Waals surface area contributed by atoms with Crippen LogP contribution < -0.4 is 9.44 Å². The first-order chi connectivity index (χ1) is 23.5. The molecule has 50 heavy (non-hydrogen) atoms. The smallest absolute Gasteiger partial charge is 0.337 e. The van der Waals surface area contributed by atoms with E-state index in [1.807, 2.05) is 0 Å². The summed E-state index contributed by atoms with van der Waals surface area (Å²) >= 11 is 0. The Morgan fingerprint density at radius 1 is 0.560 bits per heavy atom. The van der Waals surface area contributed by atoms with Crippen molar-refractivity contribution >= 4 is 53.4 Å². The maximum atomic E-state index is 12.9. The van der Waals surface area contributed by atoms with Crippen LogP contribution in [0.2, 0.25) is 0 Å². The van der Waals surface area contributed by atoms with E-state index in [9.17, 15) is 43.2 Å². The van der Waals surface area contributed by atoms with Crippen molar-refractivity contribution in [1.29, 1.82) is 0 Å². The second-order valence-electron chi connectivity index (χ2n) is 10.5. The first kappa shape index (κ1) is 36.2. The Morgan fingerprint density at radius 3 is 1.24 bits per heavy atom. The van der Waals surface area contributed by atoms with Gasteiger partial charge in [-0.1, -0.05) is 97.0 Å². The molecule has 0 bridgehead atoms. The number of benzene rings is 4. The van der Waals surface area contributed by atoms with Crippen LogP contribution in [-0.2, 0) is 45.2 Å². The number of fused-ring (bicyclic) bond motifs is 2. The lowest BCUT2D eigenvalue weighted by atomic mass is 10.1. The van der Waals surface area contributed by atoms with E-state index in [-0.39, 0.29) is 33.8 Å². The molecule has 0 radical (unpaired) electrons. The first-order valence-corrected chi connectivity index (χ1v) is 17.6. The standard InChI is InChI=1S/2C16H13F3N2O3S/c2*1-2-11-14(16(17,18)19)20-24-15(11)21-25(22,23)13-9-5-7-10-6-3-4-8-12(10)13/h2*3-9,21H,2H2,1H3. The topological polar surface area (TPSA) is 144 Å². The Hall–Kier alpha value is -5.10. The van der Waals surface area contributed by atoms with Gasteiger partial charge in [0.05, 0.1) is 9.79 Å². The fraction of sp³-hybridized carbons (Fsp3) is 0.188. The largest absolute Gasteiger partial charge is 0.437 e. The molecule has 18 heteroatoms. The van der Waals surface area contributed by atoms with E-state index in [4.69, 9.17) is 0 Å². The Morgan fingerprint density at radius 2 is 0.900 bits per heavy atom. The Balaban J connectivity index is 0.000000194. The van der Waals surface area contributed by atoms with Gasteiger partial charge in [0.2, 0.25) is 11.8 Å². The average Bonchev–Trinajstić information content (AvgIpc) is 3.67. The quantitative estimate of drug-likeness (QED) is 0.148. The van der Waals surface area contributed by atoms with Crippen LogP contribution in [0.5, 0.6) is 0 Å². The third kappa shape index (κ3) is 7.40. The Labute approximate surface area is 281 Å². The number of aromatic nitrogens is 2. The van der Waals surface area contributed by atoms with Crippen molar-refractivity contribution < 1.29 is 52.2 Å². The maximum absolute atomic E-state index is 12.9. The minimum atomic E-state index is -4.72. The molecule has 6 aromatic rings. The van der Waals surface area contributed by atoms with E-state index in [1.54, 1.807) is 72.8 Å². The summed E-state index contributed by atoms with van der Waals surface area (Å²) in [5.74, 6) is -1.05. The van der Waals surface area contributed by atoms with E-state index in [2.05, 4.69) is 28.8 Å². The van der Waals surface area contributed by atoms with E-state index in [0.29, 0.717) is 21.5 Å². The second-order valence-corrected chi connectivity index (χ2v) is 13.8. The Kier molecular flexibility index (Phi) is 9.89. The molecule has 2 aromatic heterocycles. The first-order valence-electron chi connectivity index (χ1n) is 14.6. The number of halogens is 6. The van der Waals surface area contributed by atoms with Gasteiger partial charge in [-0.25, -0.2) is 26.3 Å². The monoisotopic (exact) mass is 740 g/mol. The molecule has 6 rings (SSSR count). The van der Waals surface area contributed by atoms with Gasteiger partial charge in [-0.05, 0) is 35.7 Å². The zero-order chi connectivity index (χ0) is 36.5. The maximum Gasteiger partial charge on any atom is 0.437 e. The van der Waals surface area contributed by atoms with E-state index in [0.717, 1.165) is 0 Å². The number of alkyl halides is 6. The van der Waals surface area contributed by atoms with Gasteiger partial charge in [0.1, 0.15) is 0 Å². The summed E-state index contributed by atoms with van der Waals surface area (Å²) in [6, 6.07) is 22.9. The predicted molar refractivity (Wildman–Crippen MR) is 171 cm³/mol. The van der Waals surface area contributed by atoms with Gasteiger partial charge in [-0.3, -0.25) is 0 Å². The summed E-state index contributed by atoms with van der Waals surface area (Å²) in [5, 5.41) is 8.22. The molecule has 0 aliphatic heterocycles. The van der Waals surface area contributed by atoms with Crippen LogP contribution in [0.3, 0.4) is 0 Å². The van der Waals surface area contributed by atoms with Crippen LogP contribution >= 0.6 is 0 Å². The van der Waals surface area contributed by atoms with Gasteiger partial charge in [0.25, 0.3) is 20.0 Å². The number of hydrogen-bond donors (Lipinski definition) is 2. The summed E-state index contributed by atoms with van der Waals surface area (Å²) in [7, 11) is -8.31. The fourth-order valence-electron chi connectivity index (χ4n) is 5.09. The number of rotatable bonds is 8. The number of anilines is 2. The van der Waals surface area contributed by atoms with Crippen molar-refractivity contribution in [2.45, 2.75) is 48.8 Å². The van der Waals surface area contributed by atoms with Crippen LogP contribution in [0.4, 0.5) is 38.1 Å². The van der Waals surface area contributed by atoms with Crippen molar-refractivity contribution in [1.82, 2.24) is 10.3 Å². The summed E-state index contributed by atoms with van der Waals surface area (Å²) in [4.78, 5) is -0.116. The predicted octanol–water partition coefficient (Wildman–Crippen LogP) is 8.42. The lowest BCUT2D eigenvalue weighted by Gasteiger charge is -2.10. The zero-order valence-electron chi connectivity index (χ0n) is 25.9. The van der Waals surface area contributed by atoms with E-state index >= 15 is 0 Å². The van der Waals surface area contributed by atoms with Crippen LogP contribution in [0.25, 0.3) is 21.5 Å². The summed E-state index contributed by atoms with van der Waals surface area (Å²) in [5.41, 5.74) is -3.14. The van der Waals surface area contributed by atoms with Crippen molar-refractivity contribution in [3.05, 3.63) is 107 Å². The van der Waals surface area contributed by atoms with Gasteiger partial charge in [0, 0.05) is 21.9 Å². The second kappa shape index (κ2) is 13.7. The van der Waals surface area contributed by atoms with Gasteiger partial charge in [-0.2, -0.15) is 26.3 Å². The molecular weight excluding hydrogens is 714 g/mol. The van der Waals surface area contributed by atoms with Crippen molar-refractivity contribution in [3.8, 4) is 0 Å². The summed E-state index contributed by atoms with van der Waals surface area (Å²) in [6.07, 6.45) is -9.63. The van der Waals surface area contributed by atoms with E-state index < -0.39 is 55.6 Å². The number of nitrogens with one attached hydrogen (secondary N) is 2. The zero-order valence-corrected chi connectivity index (χ0v) is 27.6. The average molecular weight is 741 g/mol. The molecule has 0 aliphatic carbocycles. The molecule has 0 spiro atoms. The minimum absolute atomic E-state index is 0.0578. The normalized spacial score (nSPS) is 12.5. The molecule has 0 saturated heterocycles.